The second kappa shape index (κ2) is 7.16. The second-order valence-corrected chi connectivity index (χ2v) is 5.95. The monoisotopic (exact) mass is 311 g/mol. The van der Waals surface area contributed by atoms with E-state index in [2.05, 4.69) is 0 Å². The first-order valence-corrected chi connectivity index (χ1v) is 7.79. The van der Waals surface area contributed by atoms with Gasteiger partial charge in [-0.05, 0) is 24.3 Å². The molecule has 1 aromatic carbocycles. The molecule has 0 fully saturated rings. The Kier molecular flexibility index (Phi) is 6.17. The first kappa shape index (κ1) is 15.5. The molecule has 3 N–H and O–H groups in total. The molecule has 102 valence electrons. The van der Waals surface area contributed by atoms with Crippen LogP contribution < -0.4 is 15.6 Å². The lowest BCUT2D eigenvalue weighted by atomic mass is 10.3. The fourth-order valence-corrected chi connectivity index (χ4v) is 2.52. The molecule has 0 saturated heterocycles. The quantitative estimate of drug-likeness (QED) is 0.449. The maximum atomic E-state index is 11.4. The molecule has 0 aliphatic heterocycles. The number of hydrogen-bond donors (Lipinski definition) is 2. The zero-order valence-electron chi connectivity index (χ0n) is 9.64. The summed E-state index contributed by atoms with van der Waals surface area (Å²) in [6.07, 6.45) is 0. The Morgan fingerprint density at radius 2 is 1.61 bits per heavy atom. The molecule has 0 amide bonds. The van der Waals surface area contributed by atoms with Crippen LogP contribution in [0, 0.1) is 0 Å². The molecular weight excluding hydrogens is 297 g/mol. The molecule has 0 unspecified atom stereocenters. The summed E-state index contributed by atoms with van der Waals surface area (Å²) in [5.74, 6) is 5.90. The molecule has 8 heteroatoms. The van der Waals surface area contributed by atoms with E-state index in [1.807, 2.05) is 4.90 Å². The number of rotatable bonds is 7. The Morgan fingerprint density at radius 1 is 1.11 bits per heavy atom. The van der Waals surface area contributed by atoms with E-state index in [0.717, 1.165) is 5.69 Å². The normalized spacial score (nSPS) is 11.5. The van der Waals surface area contributed by atoms with Gasteiger partial charge in [0.2, 0.25) is 0 Å². The molecule has 0 aliphatic rings. The summed E-state index contributed by atoms with van der Waals surface area (Å²) in [7, 11) is -3.61. The average molecular weight is 312 g/mol. The number of nitrogens with two attached hydrogens (primary N) is 1. The Balaban J connectivity index is 2.93. The number of nitrogens with one attached hydrogen (secondary N) is 1. The van der Waals surface area contributed by atoms with Crippen molar-refractivity contribution in [2.24, 2.45) is 5.84 Å². The van der Waals surface area contributed by atoms with Gasteiger partial charge < -0.3 is 4.90 Å². The van der Waals surface area contributed by atoms with E-state index in [0.29, 0.717) is 24.8 Å². The van der Waals surface area contributed by atoms with Crippen molar-refractivity contribution in [3.63, 3.8) is 0 Å². The summed E-state index contributed by atoms with van der Waals surface area (Å²) in [4.78, 5) is 3.87. The standard InChI is InChI=1S/C10H15Cl2N3O2S/c11-5-7-15(8-6-12)9-1-3-10(4-2-9)18(16,17)14-13/h1-4,14H,5-8,13H2. The minimum atomic E-state index is -3.61. The van der Waals surface area contributed by atoms with Gasteiger partial charge in [-0.2, -0.15) is 4.83 Å². The van der Waals surface area contributed by atoms with Gasteiger partial charge in [-0.25, -0.2) is 8.42 Å². The van der Waals surface area contributed by atoms with Crippen LogP contribution in [0.3, 0.4) is 0 Å². The number of nitrogens with zero attached hydrogens (tertiary/aromatic N) is 1. The van der Waals surface area contributed by atoms with Crippen molar-refractivity contribution in [2.45, 2.75) is 4.90 Å². The first-order chi connectivity index (χ1) is 8.55. The molecule has 0 saturated carbocycles. The summed E-state index contributed by atoms with van der Waals surface area (Å²) < 4.78 is 22.9. The lowest BCUT2D eigenvalue weighted by Crippen LogP contribution is -2.30. The molecule has 1 rings (SSSR count). The zero-order chi connectivity index (χ0) is 13.6. The summed E-state index contributed by atoms with van der Waals surface area (Å²) in [5, 5.41) is 0. The zero-order valence-corrected chi connectivity index (χ0v) is 12.0. The largest absolute Gasteiger partial charge is 0.369 e. The summed E-state index contributed by atoms with van der Waals surface area (Å²) in [5.41, 5.74) is 0.868. The van der Waals surface area contributed by atoms with E-state index in [4.69, 9.17) is 29.0 Å². The van der Waals surface area contributed by atoms with Crippen molar-refractivity contribution in [2.75, 3.05) is 29.7 Å². The van der Waals surface area contributed by atoms with E-state index in [9.17, 15) is 8.42 Å². The van der Waals surface area contributed by atoms with Gasteiger partial charge in [0.1, 0.15) is 0 Å². The van der Waals surface area contributed by atoms with Crippen LogP contribution in [-0.4, -0.2) is 33.3 Å². The van der Waals surface area contributed by atoms with Crippen molar-refractivity contribution < 1.29 is 8.42 Å². The van der Waals surface area contributed by atoms with Crippen LogP contribution in [0.4, 0.5) is 5.69 Å². The Bertz CT molecular complexity index is 459. The van der Waals surface area contributed by atoms with Gasteiger partial charge in [0, 0.05) is 30.5 Å². The van der Waals surface area contributed by atoms with E-state index < -0.39 is 10.0 Å². The lowest BCUT2D eigenvalue weighted by molar-refractivity contribution is 0.584. The molecule has 0 radical (unpaired) electrons. The van der Waals surface area contributed by atoms with Crippen LogP contribution in [0.25, 0.3) is 0 Å². The molecule has 0 atom stereocenters. The van der Waals surface area contributed by atoms with Crippen molar-refractivity contribution in [1.82, 2.24) is 4.83 Å². The highest BCUT2D eigenvalue weighted by molar-refractivity contribution is 7.89. The Hall–Kier alpha value is -0.530. The number of alkyl halides is 2. The maximum absolute atomic E-state index is 11.4. The second-order valence-electron chi connectivity index (χ2n) is 3.48. The van der Waals surface area contributed by atoms with Crippen molar-refractivity contribution in [1.29, 1.82) is 0 Å². The molecule has 1 aromatic rings. The molecule has 0 bridgehead atoms. The van der Waals surface area contributed by atoms with Crippen LogP contribution in [0.2, 0.25) is 0 Å². The highest BCUT2D eigenvalue weighted by atomic mass is 35.5. The van der Waals surface area contributed by atoms with Gasteiger partial charge in [-0.15, -0.1) is 23.2 Å². The maximum Gasteiger partial charge on any atom is 0.253 e. The predicted molar refractivity (Wildman–Crippen MR) is 74.6 cm³/mol. The average Bonchev–Trinajstić information content (AvgIpc) is 2.39. The van der Waals surface area contributed by atoms with Gasteiger partial charge in [0.25, 0.3) is 10.0 Å². The molecule has 0 aromatic heterocycles. The smallest absolute Gasteiger partial charge is 0.253 e. The van der Waals surface area contributed by atoms with Crippen molar-refractivity contribution >= 4 is 38.9 Å². The minimum absolute atomic E-state index is 0.116. The van der Waals surface area contributed by atoms with Crippen LogP contribution >= 0.6 is 23.2 Å². The fourth-order valence-electron chi connectivity index (χ4n) is 1.48. The third-order valence-electron chi connectivity index (χ3n) is 2.38. The fraction of sp³-hybridized carbons (Fsp3) is 0.400. The molecular formula is C10H15Cl2N3O2S. The number of halogens is 2. The van der Waals surface area contributed by atoms with Crippen LogP contribution in [-0.2, 0) is 10.0 Å². The summed E-state index contributed by atoms with van der Waals surface area (Å²) in [6, 6.07) is 6.37. The minimum Gasteiger partial charge on any atom is -0.369 e. The highest BCUT2D eigenvalue weighted by Crippen LogP contribution is 2.17. The predicted octanol–water partition coefficient (Wildman–Crippen LogP) is 1.12. The van der Waals surface area contributed by atoms with Gasteiger partial charge in [0.05, 0.1) is 4.90 Å². The molecule has 0 aliphatic carbocycles. The molecule has 0 heterocycles. The van der Waals surface area contributed by atoms with Crippen LogP contribution in [0.5, 0.6) is 0 Å². The first-order valence-electron chi connectivity index (χ1n) is 5.24. The van der Waals surface area contributed by atoms with E-state index >= 15 is 0 Å². The number of hydrogen-bond acceptors (Lipinski definition) is 4. The summed E-state index contributed by atoms with van der Waals surface area (Å²) >= 11 is 11.4. The number of benzene rings is 1. The molecule has 0 spiro atoms. The van der Waals surface area contributed by atoms with Crippen LogP contribution in [0.15, 0.2) is 29.2 Å². The van der Waals surface area contributed by atoms with E-state index in [1.54, 1.807) is 17.0 Å². The number of anilines is 1. The van der Waals surface area contributed by atoms with Crippen molar-refractivity contribution in [3.05, 3.63) is 24.3 Å². The highest BCUT2D eigenvalue weighted by Gasteiger charge is 2.12. The Morgan fingerprint density at radius 3 is 2.00 bits per heavy atom. The third kappa shape index (κ3) is 4.00. The Labute approximate surface area is 117 Å². The third-order valence-corrected chi connectivity index (χ3v) is 3.92. The van der Waals surface area contributed by atoms with Gasteiger partial charge in [-0.3, -0.25) is 5.84 Å². The SMILES string of the molecule is NNS(=O)(=O)c1ccc(N(CCCl)CCCl)cc1. The molecule has 5 nitrogen and oxygen atoms in total. The van der Waals surface area contributed by atoms with Gasteiger partial charge in [0.15, 0.2) is 0 Å². The topological polar surface area (TPSA) is 75.4 Å². The van der Waals surface area contributed by atoms with E-state index in [1.165, 1.54) is 12.1 Å². The molecule has 18 heavy (non-hydrogen) atoms. The number of sulfonamides is 1. The number of hydrazine groups is 1. The van der Waals surface area contributed by atoms with Gasteiger partial charge >= 0.3 is 0 Å². The summed E-state index contributed by atoms with van der Waals surface area (Å²) in [6.45, 7) is 1.30. The van der Waals surface area contributed by atoms with Crippen LogP contribution in [0.1, 0.15) is 0 Å². The van der Waals surface area contributed by atoms with E-state index in [-0.39, 0.29) is 4.90 Å². The van der Waals surface area contributed by atoms with Gasteiger partial charge in [-0.1, -0.05) is 0 Å². The lowest BCUT2D eigenvalue weighted by Gasteiger charge is -2.22. The van der Waals surface area contributed by atoms with Crippen molar-refractivity contribution in [3.8, 4) is 0 Å².